The highest BCUT2D eigenvalue weighted by Gasteiger charge is 2.20. The van der Waals surface area contributed by atoms with Crippen LogP contribution in [0.15, 0.2) is 47.8 Å². The van der Waals surface area contributed by atoms with E-state index >= 15 is 0 Å². The molecule has 0 saturated heterocycles. The molecule has 0 aliphatic heterocycles. The molecule has 0 aliphatic rings. The summed E-state index contributed by atoms with van der Waals surface area (Å²) in [5.74, 6) is 0.382. The Labute approximate surface area is 172 Å². The first-order valence-electron chi connectivity index (χ1n) is 8.69. The van der Waals surface area contributed by atoms with Gasteiger partial charge in [0.15, 0.2) is 5.13 Å². The number of halogens is 1. The van der Waals surface area contributed by atoms with Gasteiger partial charge < -0.3 is 4.74 Å². The number of carbonyl (C=O) groups is 1. The van der Waals surface area contributed by atoms with Crippen LogP contribution in [0, 0.1) is 11.3 Å². The van der Waals surface area contributed by atoms with E-state index in [1.54, 1.807) is 23.1 Å². The lowest BCUT2D eigenvalue weighted by atomic mass is 10.1. The predicted molar refractivity (Wildman–Crippen MR) is 111 cm³/mol. The van der Waals surface area contributed by atoms with Crippen molar-refractivity contribution in [3.63, 3.8) is 0 Å². The van der Waals surface area contributed by atoms with Crippen LogP contribution in [-0.2, 0) is 17.8 Å². The van der Waals surface area contributed by atoms with E-state index in [0.29, 0.717) is 27.2 Å². The van der Waals surface area contributed by atoms with Crippen LogP contribution in [-0.4, -0.2) is 10.9 Å². The van der Waals surface area contributed by atoms with Gasteiger partial charge in [0, 0.05) is 12.3 Å². The molecule has 28 heavy (non-hydrogen) atoms. The molecule has 0 aliphatic carbocycles. The number of para-hydroxylation sites is 1. The molecule has 1 heterocycles. The molecular weight excluding hydrogens is 394 g/mol. The van der Waals surface area contributed by atoms with Gasteiger partial charge >= 0.3 is 0 Å². The van der Waals surface area contributed by atoms with E-state index in [0.717, 1.165) is 17.7 Å². The van der Waals surface area contributed by atoms with Gasteiger partial charge in [-0.1, -0.05) is 36.7 Å². The molecule has 2 aromatic carbocycles. The third-order valence-corrected chi connectivity index (χ3v) is 5.27. The predicted octanol–water partition coefficient (Wildman–Crippen LogP) is 5.49. The molecule has 0 bridgehead atoms. The molecular formula is C21H18ClN3O2S. The molecule has 1 amide bonds. The Hall–Kier alpha value is -2.88. The zero-order chi connectivity index (χ0) is 20.1. The van der Waals surface area contributed by atoms with Gasteiger partial charge in [0.05, 0.1) is 28.0 Å². The molecule has 0 atom stereocenters. The molecule has 0 saturated carbocycles. The van der Waals surface area contributed by atoms with Crippen molar-refractivity contribution < 1.29 is 9.53 Å². The largest absolute Gasteiger partial charge is 0.486 e. The van der Waals surface area contributed by atoms with E-state index in [1.807, 2.05) is 35.7 Å². The van der Waals surface area contributed by atoms with Crippen molar-refractivity contribution in [2.45, 2.75) is 26.9 Å². The average molecular weight is 412 g/mol. The highest BCUT2D eigenvalue weighted by atomic mass is 35.5. The number of hydrogen-bond acceptors (Lipinski definition) is 5. The molecule has 142 valence electrons. The van der Waals surface area contributed by atoms with E-state index in [9.17, 15) is 4.79 Å². The van der Waals surface area contributed by atoms with Crippen molar-refractivity contribution in [1.82, 2.24) is 4.98 Å². The minimum atomic E-state index is -0.0992. The minimum Gasteiger partial charge on any atom is -0.486 e. The first kappa shape index (κ1) is 19.9. The molecule has 0 spiro atoms. The zero-order valence-electron chi connectivity index (χ0n) is 15.5. The van der Waals surface area contributed by atoms with Crippen LogP contribution < -0.4 is 9.64 Å². The number of ether oxygens (including phenoxy) is 1. The number of benzene rings is 2. The third kappa shape index (κ3) is 4.33. The Morgan fingerprint density at radius 2 is 2.11 bits per heavy atom. The van der Waals surface area contributed by atoms with E-state index in [4.69, 9.17) is 21.6 Å². The number of aryl methyl sites for hydroxylation is 1. The van der Waals surface area contributed by atoms with E-state index < -0.39 is 0 Å². The summed E-state index contributed by atoms with van der Waals surface area (Å²) in [4.78, 5) is 18.5. The second-order valence-corrected chi connectivity index (χ2v) is 7.25. The minimum absolute atomic E-state index is 0.0992. The van der Waals surface area contributed by atoms with Crippen molar-refractivity contribution in [2.24, 2.45) is 0 Å². The summed E-state index contributed by atoms with van der Waals surface area (Å²) >= 11 is 7.52. The molecule has 0 radical (unpaired) electrons. The van der Waals surface area contributed by atoms with Crippen LogP contribution in [0.1, 0.15) is 30.7 Å². The second kappa shape index (κ2) is 8.87. The summed E-state index contributed by atoms with van der Waals surface area (Å²) in [5, 5.41) is 11.7. The first-order chi connectivity index (χ1) is 13.5. The smallest absolute Gasteiger partial charge is 0.230 e. The van der Waals surface area contributed by atoms with Crippen molar-refractivity contribution in [3.05, 3.63) is 69.7 Å². The quantitative estimate of drug-likeness (QED) is 0.537. The number of nitrogens with zero attached hydrogens (tertiary/aromatic N) is 3. The van der Waals surface area contributed by atoms with Gasteiger partial charge in [0.1, 0.15) is 12.4 Å². The zero-order valence-corrected chi connectivity index (χ0v) is 17.0. The van der Waals surface area contributed by atoms with Gasteiger partial charge in [-0.05, 0) is 36.2 Å². The Morgan fingerprint density at radius 3 is 2.79 bits per heavy atom. The summed E-state index contributed by atoms with van der Waals surface area (Å²) in [6.07, 6.45) is 0.818. The third-order valence-electron chi connectivity index (χ3n) is 4.10. The lowest BCUT2D eigenvalue weighted by Gasteiger charge is -2.21. The number of anilines is 2. The number of amides is 1. The van der Waals surface area contributed by atoms with Gasteiger partial charge in [-0.15, -0.1) is 11.3 Å². The lowest BCUT2D eigenvalue weighted by Crippen LogP contribution is -2.23. The first-order valence-corrected chi connectivity index (χ1v) is 9.94. The number of rotatable bonds is 6. The van der Waals surface area contributed by atoms with Crippen LogP contribution >= 0.6 is 22.9 Å². The summed E-state index contributed by atoms with van der Waals surface area (Å²) in [6, 6.07) is 14.7. The highest BCUT2D eigenvalue weighted by molar-refractivity contribution is 7.14. The number of hydrogen-bond donors (Lipinski definition) is 0. The summed E-state index contributed by atoms with van der Waals surface area (Å²) in [7, 11) is 0. The average Bonchev–Trinajstić information content (AvgIpc) is 3.15. The standard InChI is InChI=1S/C21H18ClN3O2S/c1-3-16-6-4-5-7-19(16)25(14(2)26)21-24-17(13-28-21)12-27-20-9-8-15(11-23)10-18(20)22/h4-10,13H,3,12H2,1-2H3. The van der Waals surface area contributed by atoms with E-state index in [-0.39, 0.29) is 12.5 Å². The fourth-order valence-corrected chi connectivity index (χ4v) is 3.84. The maximum Gasteiger partial charge on any atom is 0.230 e. The molecule has 0 unspecified atom stereocenters. The van der Waals surface area contributed by atoms with Crippen LogP contribution in [0.5, 0.6) is 5.75 Å². The number of nitriles is 1. The molecule has 0 fully saturated rings. The molecule has 3 rings (SSSR count). The van der Waals surface area contributed by atoms with Crippen LogP contribution in [0.25, 0.3) is 0 Å². The normalized spacial score (nSPS) is 10.4. The second-order valence-electron chi connectivity index (χ2n) is 6.00. The maximum atomic E-state index is 12.3. The van der Waals surface area contributed by atoms with Gasteiger partial charge in [0.2, 0.25) is 5.91 Å². The molecule has 5 nitrogen and oxygen atoms in total. The monoisotopic (exact) mass is 411 g/mol. The van der Waals surface area contributed by atoms with Crippen molar-refractivity contribution >= 4 is 39.7 Å². The van der Waals surface area contributed by atoms with Crippen molar-refractivity contribution in [1.29, 1.82) is 5.26 Å². The summed E-state index contributed by atoms with van der Waals surface area (Å²) in [5.41, 5.74) is 3.09. The summed E-state index contributed by atoms with van der Waals surface area (Å²) < 4.78 is 5.73. The maximum absolute atomic E-state index is 12.3. The fourth-order valence-electron chi connectivity index (χ4n) is 2.74. The topological polar surface area (TPSA) is 66.2 Å². The number of carbonyl (C=O) groups excluding carboxylic acids is 1. The van der Waals surface area contributed by atoms with E-state index in [2.05, 4.69) is 11.9 Å². The van der Waals surface area contributed by atoms with E-state index in [1.165, 1.54) is 18.3 Å². The Bertz CT molecular complexity index is 1040. The van der Waals surface area contributed by atoms with Crippen LogP contribution in [0.2, 0.25) is 5.02 Å². The number of aromatic nitrogens is 1. The Kier molecular flexibility index (Phi) is 6.30. The van der Waals surface area contributed by atoms with Crippen LogP contribution in [0.3, 0.4) is 0 Å². The Morgan fingerprint density at radius 1 is 1.32 bits per heavy atom. The Balaban J connectivity index is 1.80. The lowest BCUT2D eigenvalue weighted by molar-refractivity contribution is -0.115. The fraction of sp³-hybridized carbons (Fsp3) is 0.190. The van der Waals surface area contributed by atoms with Crippen molar-refractivity contribution in [2.75, 3.05) is 4.90 Å². The van der Waals surface area contributed by atoms with Gasteiger partial charge in [-0.3, -0.25) is 9.69 Å². The van der Waals surface area contributed by atoms with Crippen LogP contribution in [0.4, 0.5) is 10.8 Å². The molecule has 0 N–H and O–H groups in total. The molecule has 1 aromatic heterocycles. The highest BCUT2D eigenvalue weighted by Crippen LogP contribution is 2.32. The molecule has 3 aromatic rings. The van der Waals surface area contributed by atoms with Gasteiger partial charge in [-0.2, -0.15) is 5.26 Å². The molecule has 7 heteroatoms. The van der Waals surface area contributed by atoms with Gasteiger partial charge in [0.25, 0.3) is 0 Å². The van der Waals surface area contributed by atoms with Gasteiger partial charge in [-0.25, -0.2) is 4.98 Å². The summed E-state index contributed by atoms with van der Waals surface area (Å²) in [6.45, 7) is 3.80. The number of thiazole rings is 1. The SMILES string of the molecule is CCc1ccccc1N(C(C)=O)c1nc(COc2ccc(C#N)cc2Cl)cs1. The van der Waals surface area contributed by atoms with Crippen molar-refractivity contribution in [3.8, 4) is 11.8 Å².